The molecule has 2 heterocycles. The van der Waals surface area contributed by atoms with Crippen LogP contribution in [0.1, 0.15) is 5.69 Å². The van der Waals surface area contributed by atoms with Crippen molar-refractivity contribution in [2.24, 2.45) is 0 Å². The topological polar surface area (TPSA) is 35.5 Å². The smallest absolute Gasteiger partial charge is 0.0757 e. The standard InChI is InChI=1S/C15H11ClN4/c1-10-15(11-5-3-2-4-6-11)18-20-17-13-9-12(16)7-8-14(13)19(10)20/h2-9H,1H3. The van der Waals surface area contributed by atoms with Crippen molar-refractivity contribution in [3.8, 4) is 11.3 Å². The molecule has 0 saturated carbocycles. The largest absolute Gasteiger partial charge is 0.161 e. The van der Waals surface area contributed by atoms with Crippen molar-refractivity contribution in [2.45, 2.75) is 6.92 Å². The maximum atomic E-state index is 6.00. The summed E-state index contributed by atoms with van der Waals surface area (Å²) in [6, 6.07) is 15.8. The van der Waals surface area contributed by atoms with Crippen molar-refractivity contribution >= 4 is 22.6 Å². The second kappa shape index (κ2) is 4.08. The minimum absolute atomic E-state index is 0.680. The highest BCUT2D eigenvalue weighted by Crippen LogP contribution is 2.22. The van der Waals surface area contributed by atoms with Crippen molar-refractivity contribution < 1.29 is 4.74 Å². The van der Waals surface area contributed by atoms with Gasteiger partial charge in [-0.25, -0.2) is 0 Å². The summed E-state index contributed by atoms with van der Waals surface area (Å²) >= 11 is 6.00. The molecule has 0 spiro atoms. The number of hydrogen-bond acceptors (Lipinski definition) is 1. The molecule has 0 aliphatic rings. The Labute approximate surface area is 120 Å². The lowest BCUT2D eigenvalue weighted by Crippen LogP contribution is -2.33. The van der Waals surface area contributed by atoms with Gasteiger partial charge in [0.15, 0.2) is 0 Å². The third-order valence-corrected chi connectivity index (χ3v) is 3.67. The zero-order valence-electron chi connectivity index (χ0n) is 10.8. The maximum Gasteiger partial charge on any atom is 0.0757 e. The van der Waals surface area contributed by atoms with Gasteiger partial charge in [0.1, 0.15) is 0 Å². The predicted molar refractivity (Wildman–Crippen MR) is 76.9 cm³/mol. The first kappa shape index (κ1) is 11.5. The highest BCUT2D eigenvalue weighted by Gasteiger charge is 2.14. The third-order valence-electron chi connectivity index (χ3n) is 3.44. The molecule has 98 valence electrons. The zero-order valence-corrected chi connectivity index (χ0v) is 11.5. The van der Waals surface area contributed by atoms with Crippen molar-refractivity contribution in [3.63, 3.8) is 0 Å². The highest BCUT2D eigenvalue weighted by atomic mass is 35.5. The SMILES string of the molecule is Cc1c(-c2ccccc2)[n-][n+]2nc3cc(Cl)ccc3n12. The Bertz CT molecular complexity index is 921. The normalized spacial score (nSPS) is 11.5. The fourth-order valence-corrected chi connectivity index (χ4v) is 2.67. The molecule has 0 N–H and O–H groups in total. The van der Waals surface area contributed by atoms with Gasteiger partial charge in [-0.15, -0.1) is 0 Å². The summed E-state index contributed by atoms with van der Waals surface area (Å²) in [7, 11) is 0. The zero-order chi connectivity index (χ0) is 13.7. The average molecular weight is 283 g/mol. The lowest BCUT2D eigenvalue weighted by molar-refractivity contribution is -0.729. The van der Waals surface area contributed by atoms with Gasteiger partial charge in [0.05, 0.1) is 16.7 Å². The molecule has 0 aliphatic carbocycles. The molecule has 20 heavy (non-hydrogen) atoms. The summed E-state index contributed by atoms with van der Waals surface area (Å²) in [5.74, 6) is 0. The first-order valence-electron chi connectivity index (χ1n) is 6.33. The van der Waals surface area contributed by atoms with E-state index in [0.717, 1.165) is 28.0 Å². The highest BCUT2D eigenvalue weighted by molar-refractivity contribution is 6.31. The Hall–Kier alpha value is -2.33. The molecule has 0 aliphatic heterocycles. The van der Waals surface area contributed by atoms with E-state index in [9.17, 15) is 0 Å². The van der Waals surface area contributed by atoms with Gasteiger partial charge >= 0.3 is 0 Å². The van der Waals surface area contributed by atoms with Crippen molar-refractivity contribution in [3.05, 3.63) is 59.2 Å². The fraction of sp³-hybridized carbons (Fsp3) is 0.0667. The molecule has 4 rings (SSSR count). The number of aryl methyl sites for hydroxylation is 1. The average Bonchev–Trinajstić information content (AvgIpc) is 2.96. The van der Waals surface area contributed by atoms with Crippen molar-refractivity contribution in [1.82, 2.24) is 14.7 Å². The quantitative estimate of drug-likeness (QED) is 0.503. The summed E-state index contributed by atoms with van der Waals surface area (Å²) in [5, 5.41) is 9.72. The van der Waals surface area contributed by atoms with Gasteiger partial charge in [-0.2, -0.15) is 4.52 Å². The first-order chi connectivity index (χ1) is 9.74. The number of aromatic nitrogens is 4. The van der Waals surface area contributed by atoms with Crippen molar-refractivity contribution in [1.29, 1.82) is 0 Å². The van der Waals surface area contributed by atoms with Gasteiger partial charge in [-0.05, 0) is 35.4 Å². The lowest BCUT2D eigenvalue weighted by atomic mass is 10.1. The summed E-state index contributed by atoms with van der Waals surface area (Å²) in [5.41, 5.74) is 4.93. The lowest BCUT2D eigenvalue weighted by Gasteiger charge is -1.99. The maximum absolute atomic E-state index is 6.00. The predicted octanol–water partition coefficient (Wildman–Crippen LogP) is 2.66. The summed E-state index contributed by atoms with van der Waals surface area (Å²) in [6.07, 6.45) is 0. The number of rotatable bonds is 1. The number of fused-ring (bicyclic) bond motifs is 3. The van der Waals surface area contributed by atoms with Crippen LogP contribution in [0.5, 0.6) is 0 Å². The summed E-state index contributed by atoms with van der Waals surface area (Å²) < 4.78 is 3.62. The van der Waals surface area contributed by atoms with Gasteiger partial charge in [0.25, 0.3) is 0 Å². The van der Waals surface area contributed by atoms with Gasteiger partial charge in [0.2, 0.25) is 0 Å². The minimum atomic E-state index is 0.680. The van der Waals surface area contributed by atoms with Crippen LogP contribution >= 0.6 is 11.6 Å². The molecule has 0 amide bonds. The molecule has 0 radical (unpaired) electrons. The summed E-state index contributed by atoms with van der Waals surface area (Å²) in [6.45, 7) is 2.05. The van der Waals surface area contributed by atoms with Gasteiger partial charge in [0, 0.05) is 10.7 Å². The van der Waals surface area contributed by atoms with Crippen LogP contribution < -0.4 is 9.84 Å². The van der Waals surface area contributed by atoms with Gasteiger partial charge in [-0.1, -0.05) is 52.1 Å². The van der Waals surface area contributed by atoms with E-state index in [4.69, 9.17) is 11.6 Å². The molecular formula is C15H11ClN4. The monoisotopic (exact) mass is 282 g/mol. The molecule has 0 bridgehead atoms. The van der Waals surface area contributed by atoms with E-state index >= 15 is 0 Å². The van der Waals surface area contributed by atoms with Gasteiger partial charge < -0.3 is 0 Å². The third kappa shape index (κ3) is 1.55. The van der Waals surface area contributed by atoms with Crippen LogP contribution in [0.25, 0.3) is 22.3 Å². The second-order valence-electron chi connectivity index (χ2n) is 4.71. The number of nitrogens with zero attached hydrogens (tertiary/aromatic N) is 4. The molecule has 5 heteroatoms. The minimum Gasteiger partial charge on any atom is -0.161 e. The van der Waals surface area contributed by atoms with Crippen LogP contribution in [0.15, 0.2) is 48.5 Å². The Balaban J connectivity index is 2.05. The van der Waals surface area contributed by atoms with E-state index in [1.54, 1.807) is 4.74 Å². The van der Waals surface area contributed by atoms with E-state index in [1.165, 1.54) is 0 Å². The molecule has 0 fully saturated rings. The molecule has 4 nitrogen and oxygen atoms in total. The second-order valence-corrected chi connectivity index (χ2v) is 5.15. The molecule has 2 aromatic carbocycles. The Morgan fingerprint density at radius 1 is 1.15 bits per heavy atom. The summed E-state index contributed by atoms with van der Waals surface area (Å²) in [4.78, 5) is 0. The number of benzene rings is 2. The Morgan fingerprint density at radius 2 is 1.95 bits per heavy atom. The number of halogens is 1. The van der Waals surface area contributed by atoms with Crippen LogP contribution in [0.3, 0.4) is 0 Å². The Kier molecular flexibility index (Phi) is 2.35. The van der Waals surface area contributed by atoms with Crippen LogP contribution in [-0.4, -0.2) is 9.61 Å². The van der Waals surface area contributed by atoms with E-state index in [0.29, 0.717) is 5.02 Å². The molecule has 0 saturated heterocycles. The fourth-order valence-electron chi connectivity index (χ4n) is 2.50. The Morgan fingerprint density at radius 3 is 2.75 bits per heavy atom. The van der Waals surface area contributed by atoms with Crippen LogP contribution in [0, 0.1) is 6.92 Å². The van der Waals surface area contributed by atoms with E-state index in [-0.39, 0.29) is 0 Å². The van der Waals surface area contributed by atoms with Crippen LogP contribution in [0.2, 0.25) is 5.02 Å². The molecule has 4 aromatic rings. The van der Waals surface area contributed by atoms with E-state index in [2.05, 4.69) is 10.2 Å². The molecule has 0 atom stereocenters. The van der Waals surface area contributed by atoms with E-state index < -0.39 is 0 Å². The van der Waals surface area contributed by atoms with E-state index in [1.807, 2.05) is 60.0 Å². The first-order valence-corrected chi connectivity index (χ1v) is 6.71. The molecule has 2 aromatic heterocycles. The molecule has 0 unspecified atom stereocenters. The van der Waals surface area contributed by atoms with Gasteiger partial charge in [-0.3, -0.25) is 0 Å². The van der Waals surface area contributed by atoms with Crippen LogP contribution in [-0.2, 0) is 0 Å². The molecular weight excluding hydrogens is 272 g/mol. The van der Waals surface area contributed by atoms with Crippen molar-refractivity contribution in [2.75, 3.05) is 0 Å². The van der Waals surface area contributed by atoms with Crippen LogP contribution in [0.4, 0.5) is 0 Å². The number of hydrogen-bond donors (Lipinski definition) is 0.